The number of carbonyl (C=O) groups excluding carboxylic acids is 1. The number of hydrogen-bond acceptors (Lipinski definition) is 4. The van der Waals surface area contributed by atoms with Crippen molar-refractivity contribution in [2.75, 3.05) is 16.6 Å². The minimum Gasteiger partial charge on any atom is -0.492 e. The van der Waals surface area contributed by atoms with Crippen molar-refractivity contribution >= 4 is 38.9 Å². The zero-order valence-electron chi connectivity index (χ0n) is 17.1. The molecule has 0 aliphatic carbocycles. The molecule has 33 heavy (non-hydrogen) atoms. The molecule has 11 heteroatoms. The van der Waals surface area contributed by atoms with Crippen molar-refractivity contribution < 1.29 is 31.1 Å². The summed E-state index contributed by atoms with van der Waals surface area (Å²) < 4.78 is 72.0. The largest absolute Gasteiger partial charge is 0.492 e. The summed E-state index contributed by atoms with van der Waals surface area (Å²) in [6, 6.07) is 13.6. The second-order valence-electron chi connectivity index (χ2n) is 6.74. The van der Waals surface area contributed by atoms with Crippen LogP contribution in [0.2, 0.25) is 5.02 Å². The van der Waals surface area contributed by atoms with Crippen molar-refractivity contribution in [3.63, 3.8) is 0 Å². The summed E-state index contributed by atoms with van der Waals surface area (Å²) in [6.07, 6.45) is -4.63. The summed E-state index contributed by atoms with van der Waals surface area (Å²) in [5.74, 6) is -0.314. The van der Waals surface area contributed by atoms with Gasteiger partial charge in [-0.25, -0.2) is 8.42 Å². The summed E-state index contributed by atoms with van der Waals surface area (Å²) in [5.41, 5.74) is -0.906. The number of ether oxygens (including phenoxy) is 1. The normalized spacial score (nSPS) is 11.7. The summed E-state index contributed by atoms with van der Waals surface area (Å²) in [7, 11) is -4.28. The zero-order valence-corrected chi connectivity index (χ0v) is 18.7. The van der Waals surface area contributed by atoms with E-state index < -0.39 is 27.7 Å². The lowest BCUT2D eigenvalue weighted by molar-refractivity contribution is -0.137. The molecule has 3 aromatic rings. The molecule has 0 atom stereocenters. The maximum Gasteiger partial charge on any atom is 0.416 e. The molecule has 0 bridgehead atoms. The Morgan fingerprint density at radius 1 is 1.03 bits per heavy atom. The second-order valence-corrected chi connectivity index (χ2v) is 8.85. The molecular formula is C22H18ClF3N2O4S. The number of hydrogen-bond donors (Lipinski definition) is 2. The minimum atomic E-state index is -4.63. The predicted octanol–water partition coefficient (Wildman–Crippen LogP) is 5.81. The highest BCUT2D eigenvalue weighted by atomic mass is 35.5. The van der Waals surface area contributed by atoms with E-state index in [0.29, 0.717) is 11.1 Å². The molecule has 0 heterocycles. The molecule has 0 spiro atoms. The van der Waals surface area contributed by atoms with Crippen LogP contribution in [0.4, 0.5) is 24.5 Å². The molecule has 0 saturated carbocycles. The molecule has 0 aromatic heterocycles. The van der Waals surface area contributed by atoms with E-state index in [1.807, 2.05) is 0 Å². The van der Waals surface area contributed by atoms with Gasteiger partial charge in [-0.3, -0.25) is 9.52 Å². The lowest BCUT2D eigenvalue weighted by Crippen LogP contribution is -2.16. The number of amides is 1. The van der Waals surface area contributed by atoms with Gasteiger partial charge in [0, 0.05) is 16.3 Å². The highest BCUT2D eigenvalue weighted by Crippen LogP contribution is 2.32. The molecule has 1 amide bonds. The molecule has 3 aromatic carbocycles. The Balaban J connectivity index is 1.91. The van der Waals surface area contributed by atoms with Crippen molar-refractivity contribution in [2.24, 2.45) is 0 Å². The number of halogens is 4. The first-order valence-corrected chi connectivity index (χ1v) is 11.4. The van der Waals surface area contributed by atoms with E-state index >= 15 is 0 Å². The fraction of sp³-hybridized carbons (Fsp3) is 0.136. The van der Waals surface area contributed by atoms with Gasteiger partial charge >= 0.3 is 6.18 Å². The van der Waals surface area contributed by atoms with E-state index in [0.717, 1.165) is 18.2 Å². The van der Waals surface area contributed by atoms with Crippen LogP contribution >= 0.6 is 11.6 Å². The Morgan fingerprint density at radius 2 is 1.73 bits per heavy atom. The Labute approximate surface area is 193 Å². The van der Waals surface area contributed by atoms with Gasteiger partial charge in [-0.15, -0.1) is 0 Å². The van der Waals surface area contributed by atoms with Gasteiger partial charge in [0.25, 0.3) is 15.9 Å². The van der Waals surface area contributed by atoms with Gasteiger partial charge in [-0.05, 0) is 67.6 Å². The van der Waals surface area contributed by atoms with Crippen molar-refractivity contribution in [3.05, 3.63) is 82.9 Å². The maximum atomic E-state index is 12.9. The summed E-state index contributed by atoms with van der Waals surface area (Å²) >= 11 is 5.83. The molecule has 0 radical (unpaired) electrons. The first-order chi connectivity index (χ1) is 15.5. The third-order valence-electron chi connectivity index (χ3n) is 4.36. The lowest BCUT2D eigenvalue weighted by atomic mass is 10.2. The predicted molar refractivity (Wildman–Crippen MR) is 119 cm³/mol. The van der Waals surface area contributed by atoms with Crippen LogP contribution in [0.3, 0.4) is 0 Å². The number of anilines is 2. The molecule has 6 nitrogen and oxygen atoms in total. The summed E-state index contributed by atoms with van der Waals surface area (Å²) in [5, 5.41) is 3.03. The van der Waals surface area contributed by atoms with E-state index in [-0.39, 0.29) is 34.2 Å². The molecule has 3 rings (SSSR count). The number of benzene rings is 3. The van der Waals surface area contributed by atoms with Gasteiger partial charge in [-0.2, -0.15) is 13.2 Å². The van der Waals surface area contributed by atoms with Gasteiger partial charge in [0.05, 0.1) is 22.8 Å². The average Bonchev–Trinajstić information content (AvgIpc) is 2.74. The standard InChI is InChI=1S/C22H18ClF3N2O4S/c1-2-32-20-11-10-18(13-19(20)27-21(29)14-6-8-16(23)9-7-14)33(30,31)28-17-5-3-4-15(12-17)22(24,25)26/h3-13,28H,2H2,1H3,(H,27,29). The van der Waals surface area contributed by atoms with Crippen LogP contribution in [0.1, 0.15) is 22.8 Å². The fourth-order valence-corrected chi connectivity index (χ4v) is 4.03. The number of carbonyl (C=O) groups is 1. The minimum absolute atomic E-state index is 0.0729. The second kappa shape index (κ2) is 9.72. The number of rotatable bonds is 7. The SMILES string of the molecule is CCOc1ccc(S(=O)(=O)Nc2cccc(C(F)(F)F)c2)cc1NC(=O)c1ccc(Cl)cc1. The number of alkyl halides is 3. The van der Waals surface area contributed by atoms with Gasteiger partial charge in [0.2, 0.25) is 0 Å². The van der Waals surface area contributed by atoms with E-state index in [1.165, 1.54) is 42.5 Å². The lowest BCUT2D eigenvalue weighted by Gasteiger charge is -2.15. The molecule has 0 aliphatic heterocycles. The fourth-order valence-electron chi connectivity index (χ4n) is 2.82. The maximum absolute atomic E-state index is 12.9. The topological polar surface area (TPSA) is 84.5 Å². The van der Waals surface area contributed by atoms with Gasteiger partial charge in [-0.1, -0.05) is 17.7 Å². The Bertz CT molecular complexity index is 1260. The highest BCUT2D eigenvalue weighted by Gasteiger charge is 2.30. The van der Waals surface area contributed by atoms with Crippen LogP contribution in [-0.4, -0.2) is 20.9 Å². The third-order valence-corrected chi connectivity index (χ3v) is 5.99. The first-order valence-electron chi connectivity index (χ1n) is 9.53. The molecule has 0 unspecified atom stereocenters. The van der Waals surface area contributed by atoms with Crippen molar-refractivity contribution in [1.29, 1.82) is 0 Å². The Hall–Kier alpha value is -3.24. The van der Waals surface area contributed by atoms with Crippen LogP contribution in [0, 0.1) is 0 Å². The van der Waals surface area contributed by atoms with Crippen LogP contribution in [-0.2, 0) is 16.2 Å². The van der Waals surface area contributed by atoms with Gasteiger partial charge < -0.3 is 10.1 Å². The van der Waals surface area contributed by atoms with Gasteiger partial charge in [0.1, 0.15) is 5.75 Å². The average molecular weight is 499 g/mol. The number of sulfonamides is 1. The van der Waals surface area contributed by atoms with Crippen LogP contribution in [0.5, 0.6) is 5.75 Å². The molecule has 0 fully saturated rings. The van der Waals surface area contributed by atoms with Crippen molar-refractivity contribution in [2.45, 2.75) is 18.0 Å². The third kappa shape index (κ3) is 6.17. The first kappa shape index (κ1) is 24.4. The van der Waals surface area contributed by atoms with E-state index in [1.54, 1.807) is 6.92 Å². The van der Waals surface area contributed by atoms with E-state index in [9.17, 15) is 26.4 Å². The monoisotopic (exact) mass is 498 g/mol. The summed E-state index contributed by atoms with van der Waals surface area (Å²) in [4.78, 5) is 12.3. The summed E-state index contributed by atoms with van der Waals surface area (Å²) in [6.45, 7) is 1.96. The molecular weight excluding hydrogens is 481 g/mol. The Morgan fingerprint density at radius 3 is 2.36 bits per heavy atom. The van der Waals surface area contributed by atoms with E-state index in [4.69, 9.17) is 16.3 Å². The van der Waals surface area contributed by atoms with Crippen molar-refractivity contribution in [3.8, 4) is 5.75 Å². The highest BCUT2D eigenvalue weighted by molar-refractivity contribution is 7.92. The van der Waals surface area contributed by atoms with Crippen molar-refractivity contribution in [1.82, 2.24) is 0 Å². The molecule has 174 valence electrons. The number of nitrogens with one attached hydrogen (secondary N) is 2. The van der Waals surface area contributed by atoms with Crippen LogP contribution < -0.4 is 14.8 Å². The Kier molecular flexibility index (Phi) is 7.19. The zero-order chi connectivity index (χ0) is 24.2. The molecule has 2 N–H and O–H groups in total. The quantitative estimate of drug-likeness (QED) is 0.430. The van der Waals surface area contributed by atoms with Crippen LogP contribution in [0.15, 0.2) is 71.6 Å². The van der Waals surface area contributed by atoms with Crippen LogP contribution in [0.25, 0.3) is 0 Å². The van der Waals surface area contributed by atoms with E-state index in [2.05, 4.69) is 10.0 Å². The molecule has 0 saturated heterocycles. The molecule has 0 aliphatic rings. The van der Waals surface area contributed by atoms with Gasteiger partial charge in [0.15, 0.2) is 0 Å². The smallest absolute Gasteiger partial charge is 0.416 e.